The van der Waals surface area contributed by atoms with Gasteiger partial charge in [0.1, 0.15) is 5.82 Å². The summed E-state index contributed by atoms with van der Waals surface area (Å²) in [6.07, 6.45) is 2.24. The molecule has 5 heteroatoms. The van der Waals surface area contributed by atoms with Gasteiger partial charge in [-0.25, -0.2) is 4.39 Å². The second kappa shape index (κ2) is 5.47. The maximum atomic E-state index is 12.6. The average Bonchev–Trinajstić information content (AvgIpc) is 3.01. The second-order valence-electron chi connectivity index (χ2n) is 4.29. The molecule has 0 atom stereocenters. The molecule has 0 aromatic heterocycles. The Morgan fingerprint density at radius 2 is 1.94 bits per heavy atom. The highest BCUT2D eigenvalue weighted by Crippen LogP contribution is 2.31. The Morgan fingerprint density at radius 3 is 2.47 bits per heavy atom. The zero-order valence-corrected chi connectivity index (χ0v) is 10.2. The van der Waals surface area contributed by atoms with E-state index >= 15 is 0 Å². The van der Waals surface area contributed by atoms with Crippen LogP contribution in [-0.2, 0) is 11.2 Å². The molecule has 1 aromatic carbocycles. The molecule has 1 aliphatic carbocycles. The highest BCUT2D eigenvalue weighted by Gasteiger charge is 2.45. The number of carbonyl (C=O) groups is 1. The number of rotatable bonds is 4. The van der Waals surface area contributed by atoms with Crippen molar-refractivity contribution in [3.8, 4) is 0 Å². The average molecular weight is 259 g/mol. The first-order chi connectivity index (χ1) is 7.60. The minimum absolute atomic E-state index is 0. The van der Waals surface area contributed by atoms with E-state index in [4.69, 9.17) is 5.73 Å². The van der Waals surface area contributed by atoms with Crippen LogP contribution < -0.4 is 11.1 Å². The molecular weight excluding hydrogens is 243 g/mol. The Bertz CT molecular complexity index is 390. The lowest BCUT2D eigenvalue weighted by Crippen LogP contribution is -2.43. The summed E-state index contributed by atoms with van der Waals surface area (Å²) >= 11 is 0. The van der Waals surface area contributed by atoms with Gasteiger partial charge in [-0.1, -0.05) is 12.1 Å². The molecule has 1 saturated carbocycles. The van der Waals surface area contributed by atoms with Gasteiger partial charge in [-0.05, 0) is 37.0 Å². The van der Waals surface area contributed by atoms with Crippen LogP contribution in [0.3, 0.4) is 0 Å². The summed E-state index contributed by atoms with van der Waals surface area (Å²) in [7, 11) is 0. The predicted octanol–water partition coefficient (Wildman–Crippen LogP) is 1.40. The van der Waals surface area contributed by atoms with Crippen LogP contribution in [0.25, 0.3) is 0 Å². The molecule has 2 rings (SSSR count). The summed E-state index contributed by atoms with van der Waals surface area (Å²) in [5.74, 6) is -0.318. The quantitative estimate of drug-likeness (QED) is 0.858. The third kappa shape index (κ3) is 3.68. The number of amides is 1. The third-order valence-corrected chi connectivity index (χ3v) is 2.85. The van der Waals surface area contributed by atoms with E-state index in [9.17, 15) is 9.18 Å². The van der Waals surface area contributed by atoms with Crippen molar-refractivity contribution in [2.45, 2.75) is 24.8 Å². The zero-order valence-electron chi connectivity index (χ0n) is 9.41. The Balaban J connectivity index is 0.00000144. The summed E-state index contributed by atoms with van der Waals surface area (Å²) in [5.41, 5.74) is 6.12. The van der Waals surface area contributed by atoms with Gasteiger partial charge in [-0.3, -0.25) is 4.79 Å². The number of benzene rings is 1. The van der Waals surface area contributed by atoms with Crippen molar-refractivity contribution in [3.63, 3.8) is 0 Å². The van der Waals surface area contributed by atoms with E-state index in [0.717, 1.165) is 18.4 Å². The Kier molecular flexibility index (Phi) is 4.48. The Morgan fingerprint density at radius 1 is 1.35 bits per heavy atom. The molecule has 17 heavy (non-hydrogen) atoms. The van der Waals surface area contributed by atoms with Crippen LogP contribution in [0.1, 0.15) is 18.4 Å². The van der Waals surface area contributed by atoms with Crippen LogP contribution in [0.5, 0.6) is 0 Å². The SMILES string of the molecule is Cl.NC1(C(=O)NCCc2ccc(F)cc2)CC1. The zero-order chi connectivity index (χ0) is 11.6. The molecule has 1 amide bonds. The standard InChI is InChI=1S/C12H15FN2O.ClH/c13-10-3-1-9(2-4-10)5-8-15-11(16)12(14)6-7-12;/h1-4H,5-8,14H2,(H,15,16);1H. The molecule has 0 radical (unpaired) electrons. The summed E-state index contributed by atoms with van der Waals surface area (Å²) in [5, 5.41) is 2.79. The van der Waals surface area contributed by atoms with Crippen LogP contribution in [-0.4, -0.2) is 18.0 Å². The molecule has 0 heterocycles. The number of hydrogen-bond acceptors (Lipinski definition) is 2. The van der Waals surface area contributed by atoms with E-state index in [0.29, 0.717) is 13.0 Å². The second-order valence-corrected chi connectivity index (χ2v) is 4.29. The van der Waals surface area contributed by atoms with Crippen LogP contribution in [0, 0.1) is 5.82 Å². The van der Waals surface area contributed by atoms with E-state index in [-0.39, 0.29) is 24.1 Å². The first-order valence-electron chi connectivity index (χ1n) is 5.42. The first kappa shape index (κ1) is 13.9. The summed E-state index contributed by atoms with van der Waals surface area (Å²) in [4.78, 5) is 11.5. The van der Waals surface area contributed by atoms with Gasteiger partial charge < -0.3 is 11.1 Å². The summed E-state index contributed by atoms with van der Waals surface area (Å²) in [6.45, 7) is 0.545. The minimum atomic E-state index is -0.608. The smallest absolute Gasteiger partial charge is 0.240 e. The number of halogens is 2. The summed E-state index contributed by atoms with van der Waals surface area (Å²) in [6, 6.07) is 6.28. The van der Waals surface area contributed by atoms with E-state index in [2.05, 4.69) is 5.32 Å². The highest BCUT2D eigenvalue weighted by atomic mass is 35.5. The lowest BCUT2D eigenvalue weighted by molar-refractivity contribution is -0.123. The predicted molar refractivity (Wildman–Crippen MR) is 66.5 cm³/mol. The van der Waals surface area contributed by atoms with Gasteiger partial charge in [0.25, 0.3) is 0 Å². The van der Waals surface area contributed by atoms with Crippen LogP contribution in [0.4, 0.5) is 4.39 Å². The van der Waals surface area contributed by atoms with E-state index in [1.165, 1.54) is 12.1 Å². The molecular formula is C12H16ClFN2O. The first-order valence-corrected chi connectivity index (χ1v) is 5.42. The molecule has 0 saturated heterocycles. The molecule has 0 aliphatic heterocycles. The van der Waals surface area contributed by atoms with Crippen molar-refractivity contribution < 1.29 is 9.18 Å². The topological polar surface area (TPSA) is 55.1 Å². The monoisotopic (exact) mass is 258 g/mol. The fourth-order valence-electron chi connectivity index (χ4n) is 1.51. The maximum absolute atomic E-state index is 12.6. The maximum Gasteiger partial charge on any atom is 0.240 e. The number of hydrogen-bond donors (Lipinski definition) is 2. The van der Waals surface area contributed by atoms with Gasteiger partial charge in [-0.15, -0.1) is 12.4 Å². The van der Waals surface area contributed by atoms with E-state index in [1.807, 2.05) is 0 Å². The van der Waals surface area contributed by atoms with Gasteiger partial charge in [0.15, 0.2) is 0 Å². The highest BCUT2D eigenvalue weighted by molar-refractivity contribution is 5.88. The van der Waals surface area contributed by atoms with Gasteiger partial charge >= 0.3 is 0 Å². The van der Waals surface area contributed by atoms with Crippen molar-refractivity contribution in [1.29, 1.82) is 0 Å². The lowest BCUT2D eigenvalue weighted by atomic mass is 10.1. The van der Waals surface area contributed by atoms with Crippen LogP contribution in [0.15, 0.2) is 24.3 Å². The van der Waals surface area contributed by atoms with Crippen molar-refractivity contribution in [2.24, 2.45) is 5.73 Å². The van der Waals surface area contributed by atoms with Gasteiger partial charge in [0.05, 0.1) is 5.54 Å². The Labute approximate surface area is 106 Å². The van der Waals surface area contributed by atoms with Crippen LogP contribution >= 0.6 is 12.4 Å². The normalized spacial score (nSPS) is 15.9. The fraction of sp³-hybridized carbons (Fsp3) is 0.417. The molecule has 1 fully saturated rings. The molecule has 1 aliphatic rings. The van der Waals surface area contributed by atoms with Crippen molar-refractivity contribution in [3.05, 3.63) is 35.6 Å². The van der Waals surface area contributed by atoms with Crippen molar-refractivity contribution >= 4 is 18.3 Å². The number of carbonyl (C=O) groups excluding carboxylic acids is 1. The third-order valence-electron chi connectivity index (χ3n) is 2.85. The molecule has 0 spiro atoms. The van der Waals surface area contributed by atoms with Gasteiger partial charge in [0, 0.05) is 6.54 Å². The molecule has 3 N–H and O–H groups in total. The van der Waals surface area contributed by atoms with Crippen molar-refractivity contribution in [2.75, 3.05) is 6.54 Å². The number of nitrogens with one attached hydrogen (secondary N) is 1. The number of nitrogens with two attached hydrogens (primary N) is 1. The van der Waals surface area contributed by atoms with Crippen molar-refractivity contribution in [1.82, 2.24) is 5.32 Å². The molecule has 1 aromatic rings. The Hall–Kier alpha value is -1.13. The molecule has 94 valence electrons. The summed E-state index contributed by atoms with van der Waals surface area (Å²) < 4.78 is 12.6. The van der Waals surface area contributed by atoms with E-state index < -0.39 is 5.54 Å². The van der Waals surface area contributed by atoms with Gasteiger partial charge in [0.2, 0.25) is 5.91 Å². The minimum Gasteiger partial charge on any atom is -0.354 e. The van der Waals surface area contributed by atoms with Crippen LogP contribution in [0.2, 0.25) is 0 Å². The molecule has 0 unspecified atom stereocenters. The molecule has 3 nitrogen and oxygen atoms in total. The van der Waals surface area contributed by atoms with Gasteiger partial charge in [-0.2, -0.15) is 0 Å². The largest absolute Gasteiger partial charge is 0.354 e. The lowest BCUT2D eigenvalue weighted by Gasteiger charge is -2.09. The fourth-order valence-corrected chi connectivity index (χ4v) is 1.51. The molecule has 0 bridgehead atoms. The van der Waals surface area contributed by atoms with E-state index in [1.54, 1.807) is 12.1 Å².